The predicted molar refractivity (Wildman–Crippen MR) is 128 cm³/mol. The van der Waals surface area contributed by atoms with Gasteiger partial charge in [-0.3, -0.25) is 4.98 Å². The predicted octanol–water partition coefficient (Wildman–Crippen LogP) is 3.97. The highest BCUT2D eigenvalue weighted by Crippen LogP contribution is 2.07. The topological polar surface area (TPSA) is 80.2 Å². The van der Waals surface area contributed by atoms with E-state index in [9.17, 15) is 0 Å². The smallest absolute Gasteiger partial charge is 0.0403 e. The van der Waals surface area contributed by atoms with E-state index in [1.54, 1.807) is 0 Å². The van der Waals surface area contributed by atoms with Gasteiger partial charge in [0.15, 0.2) is 0 Å². The van der Waals surface area contributed by atoms with Crippen molar-refractivity contribution in [2.75, 3.05) is 39.3 Å². The zero-order valence-corrected chi connectivity index (χ0v) is 19.5. The van der Waals surface area contributed by atoms with E-state index in [-0.39, 0.29) is 0 Å². The Labute approximate surface area is 181 Å². The molecule has 5 heteroatoms. The molecule has 0 radical (unpaired) electrons. The lowest BCUT2D eigenvalue weighted by atomic mass is 10.1. The molecule has 170 valence electrons. The number of aromatic nitrogens is 1. The molecule has 0 unspecified atom stereocenters. The molecular formula is C24H49N5. The highest BCUT2D eigenvalue weighted by Gasteiger charge is 2.07. The standard InChI is InChI=1S/C12H19N.C7H16N2.C5H14N2/c1-2-3-4-5-6-9-12-10-7-8-11-13-12;8-4-7-9-5-2-1-3-6-9;1-5(2)7-4-3-6/h7-8,10-11H,2-6,9H2,1H3;1-8H2;5,7H,3-4,6H2,1-2H3. The summed E-state index contributed by atoms with van der Waals surface area (Å²) < 4.78 is 0. The van der Waals surface area contributed by atoms with Crippen molar-refractivity contribution < 1.29 is 0 Å². The van der Waals surface area contributed by atoms with Crippen molar-refractivity contribution in [1.82, 2.24) is 15.2 Å². The van der Waals surface area contributed by atoms with Gasteiger partial charge in [-0.1, -0.05) is 58.9 Å². The average Bonchev–Trinajstić information content (AvgIpc) is 2.75. The van der Waals surface area contributed by atoms with E-state index >= 15 is 0 Å². The fraction of sp³-hybridized carbons (Fsp3) is 0.792. The van der Waals surface area contributed by atoms with Crippen molar-refractivity contribution >= 4 is 0 Å². The Hall–Kier alpha value is -1.01. The molecule has 2 heterocycles. The maximum Gasteiger partial charge on any atom is 0.0403 e. The van der Waals surface area contributed by atoms with E-state index in [1.807, 2.05) is 12.3 Å². The van der Waals surface area contributed by atoms with Gasteiger partial charge in [0.1, 0.15) is 0 Å². The van der Waals surface area contributed by atoms with Crippen LogP contribution in [0.25, 0.3) is 0 Å². The minimum absolute atomic E-state index is 0.573. The second-order valence-corrected chi connectivity index (χ2v) is 8.07. The van der Waals surface area contributed by atoms with Crippen molar-refractivity contribution in [2.45, 2.75) is 84.6 Å². The molecule has 5 N–H and O–H groups in total. The summed E-state index contributed by atoms with van der Waals surface area (Å²) in [7, 11) is 0. The number of hydrogen-bond acceptors (Lipinski definition) is 5. The first-order valence-corrected chi connectivity index (χ1v) is 11.9. The van der Waals surface area contributed by atoms with Crippen LogP contribution >= 0.6 is 0 Å². The van der Waals surface area contributed by atoms with Gasteiger partial charge in [0.05, 0.1) is 0 Å². The Bertz CT molecular complexity index is 416. The van der Waals surface area contributed by atoms with Crippen LogP contribution in [0, 0.1) is 0 Å². The molecule has 1 aromatic rings. The third-order valence-electron chi connectivity index (χ3n) is 4.85. The number of nitrogens with two attached hydrogens (primary N) is 2. The normalized spacial score (nSPS) is 14.0. The first-order valence-electron chi connectivity index (χ1n) is 11.9. The number of hydrogen-bond donors (Lipinski definition) is 3. The van der Waals surface area contributed by atoms with E-state index in [4.69, 9.17) is 11.5 Å². The molecule has 0 bridgehead atoms. The summed E-state index contributed by atoms with van der Waals surface area (Å²) in [5, 5.41) is 3.17. The molecule has 1 aliphatic heterocycles. The number of piperidine rings is 1. The third kappa shape index (κ3) is 20.1. The summed E-state index contributed by atoms with van der Waals surface area (Å²) in [6.45, 7) is 12.6. The van der Waals surface area contributed by atoms with Crippen LogP contribution < -0.4 is 16.8 Å². The third-order valence-corrected chi connectivity index (χ3v) is 4.85. The van der Waals surface area contributed by atoms with E-state index < -0.39 is 0 Å². The summed E-state index contributed by atoms with van der Waals surface area (Å²) in [5.74, 6) is 0. The van der Waals surface area contributed by atoms with Crippen LogP contribution in [0.4, 0.5) is 0 Å². The first kappa shape index (κ1) is 28.0. The van der Waals surface area contributed by atoms with Gasteiger partial charge in [0.2, 0.25) is 0 Å². The van der Waals surface area contributed by atoms with Crippen molar-refractivity contribution in [2.24, 2.45) is 11.5 Å². The Morgan fingerprint density at radius 3 is 2.24 bits per heavy atom. The summed E-state index contributed by atoms with van der Waals surface area (Å²) in [4.78, 5) is 6.74. The second-order valence-electron chi connectivity index (χ2n) is 8.07. The Balaban J connectivity index is 0.000000430. The van der Waals surface area contributed by atoms with Crippen molar-refractivity contribution in [3.05, 3.63) is 30.1 Å². The number of nitrogens with one attached hydrogen (secondary N) is 1. The van der Waals surface area contributed by atoms with E-state index in [1.165, 1.54) is 70.2 Å². The number of pyridine rings is 1. The van der Waals surface area contributed by atoms with Crippen LogP contribution in [0.5, 0.6) is 0 Å². The molecule has 0 amide bonds. The van der Waals surface area contributed by atoms with Crippen molar-refractivity contribution in [3.63, 3.8) is 0 Å². The highest BCUT2D eigenvalue weighted by atomic mass is 15.1. The van der Waals surface area contributed by atoms with Crippen LogP contribution in [0.3, 0.4) is 0 Å². The first-order chi connectivity index (χ1) is 14.1. The van der Waals surface area contributed by atoms with Gasteiger partial charge in [0, 0.05) is 44.1 Å². The summed E-state index contributed by atoms with van der Waals surface area (Å²) in [6, 6.07) is 6.72. The second kappa shape index (κ2) is 21.7. The number of rotatable bonds is 11. The SMILES string of the molecule is CC(C)NCCN.CCCCCCCc1ccccn1.NCCN1CCCCC1. The molecule has 1 fully saturated rings. The van der Waals surface area contributed by atoms with E-state index in [0.29, 0.717) is 6.04 Å². The largest absolute Gasteiger partial charge is 0.329 e. The number of unbranched alkanes of at least 4 members (excludes halogenated alkanes) is 4. The fourth-order valence-corrected chi connectivity index (χ4v) is 3.19. The van der Waals surface area contributed by atoms with Crippen LogP contribution in [0.2, 0.25) is 0 Å². The van der Waals surface area contributed by atoms with Gasteiger partial charge in [-0.2, -0.15) is 0 Å². The average molecular weight is 408 g/mol. The maximum absolute atomic E-state index is 5.42. The lowest BCUT2D eigenvalue weighted by Crippen LogP contribution is -2.33. The van der Waals surface area contributed by atoms with E-state index in [2.05, 4.69) is 48.1 Å². The summed E-state index contributed by atoms with van der Waals surface area (Å²) in [6.07, 6.45) is 13.9. The Morgan fingerprint density at radius 1 is 1.00 bits per heavy atom. The van der Waals surface area contributed by atoms with Crippen LogP contribution in [0.1, 0.15) is 77.8 Å². The molecule has 1 aliphatic rings. The van der Waals surface area contributed by atoms with Gasteiger partial charge in [-0.25, -0.2) is 0 Å². The Kier molecular flexibility index (Phi) is 20.9. The molecule has 1 saturated heterocycles. The fourth-order valence-electron chi connectivity index (χ4n) is 3.19. The zero-order valence-electron chi connectivity index (χ0n) is 19.5. The molecular weight excluding hydrogens is 358 g/mol. The highest BCUT2D eigenvalue weighted by molar-refractivity contribution is 5.03. The molecule has 5 nitrogen and oxygen atoms in total. The summed E-state index contributed by atoms with van der Waals surface area (Å²) in [5.41, 5.74) is 11.9. The molecule has 1 aromatic heterocycles. The minimum Gasteiger partial charge on any atom is -0.329 e. The van der Waals surface area contributed by atoms with Crippen molar-refractivity contribution in [3.8, 4) is 0 Å². The summed E-state index contributed by atoms with van der Waals surface area (Å²) >= 11 is 0. The molecule has 0 aromatic carbocycles. The monoisotopic (exact) mass is 407 g/mol. The van der Waals surface area contributed by atoms with Gasteiger partial charge in [-0.15, -0.1) is 0 Å². The van der Waals surface area contributed by atoms with Gasteiger partial charge in [-0.05, 0) is 50.9 Å². The van der Waals surface area contributed by atoms with Crippen LogP contribution in [-0.4, -0.2) is 55.2 Å². The molecule has 0 spiro atoms. The van der Waals surface area contributed by atoms with Crippen LogP contribution in [-0.2, 0) is 6.42 Å². The number of nitrogens with zero attached hydrogens (tertiary/aromatic N) is 2. The minimum atomic E-state index is 0.573. The molecule has 0 saturated carbocycles. The quantitative estimate of drug-likeness (QED) is 0.484. The maximum atomic E-state index is 5.42. The lowest BCUT2D eigenvalue weighted by Gasteiger charge is -2.25. The van der Waals surface area contributed by atoms with Gasteiger partial charge >= 0.3 is 0 Å². The number of aryl methyl sites for hydroxylation is 1. The molecule has 2 rings (SSSR count). The van der Waals surface area contributed by atoms with Gasteiger partial charge in [0.25, 0.3) is 0 Å². The lowest BCUT2D eigenvalue weighted by molar-refractivity contribution is 0.235. The Morgan fingerprint density at radius 2 is 1.72 bits per heavy atom. The van der Waals surface area contributed by atoms with E-state index in [0.717, 1.165) is 32.6 Å². The van der Waals surface area contributed by atoms with Gasteiger partial charge < -0.3 is 21.7 Å². The van der Waals surface area contributed by atoms with Crippen molar-refractivity contribution in [1.29, 1.82) is 0 Å². The zero-order chi connectivity index (χ0) is 21.6. The number of likely N-dealkylation sites (tertiary alicyclic amines) is 1. The molecule has 0 atom stereocenters. The molecule has 29 heavy (non-hydrogen) atoms. The van der Waals surface area contributed by atoms with Crippen LogP contribution in [0.15, 0.2) is 24.4 Å². The molecule has 0 aliphatic carbocycles.